The maximum atomic E-state index is 14.1. The van der Waals surface area contributed by atoms with Gasteiger partial charge in [0.15, 0.2) is 0 Å². The number of carbonyl (C=O) groups is 2. The van der Waals surface area contributed by atoms with Crippen molar-refractivity contribution in [2.45, 2.75) is 55.0 Å². The third-order valence-corrected chi connectivity index (χ3v) is 9.72. The topological polar surface area (TPSA) is 76.1 Å². The molecule has 3 aliphatic rings. The molecule has 5 rings (SSSR count). The number of anilines is 1. The summed E-state index contributed by atoms with van der Waals surface area (Å²) >= 11 is 12.3. The Kier molecular flexibility index (Phi) is 9.23. The number of amides is 2. The normalized spacial score (nSPS) is 21.7. The van der Waals surface area contributed by atoms with E-state index in [-0.39, 0.29) is 48.9 Å². The first-order chi connectivity index (χ1) is 20.2. The van der Waals surface area contributed by atoms with Crippen molar-refractivity contribution in [2.24, 2.45) is 0 Å². The number of halogens is 6. The van der Waals surface area contributed by atoms with E-state index < -0.39 is 28.7 Å². The summed E-state index contributed by atoms with van der Waals surface area (Å²) in [4.78, 5) is 30.8. The van der Waals surface area contributed by atoms with Gasteiger partial charge in [0, 0.05) is 74.4 Å². The van der Waals surface area contributed by atoms with Gasteiger partial charge in [-0.3, -0.25) is 14.5 Å². The Hall–Kier alpha value is -2.17. The summed E-state index contributed by atoms with van der Waals surface area (Å²) in [6, 6.07) is 9.99. The summed E-state index contributed by atoms with van der Waals surface area (Å²) in [5.74, 6) is -1.62. The Morgan fingerprint density at radius 2 is 1.63 bits per heavy atom. The minimum Gasteiger partial charge on any atom is -0.380 e. The molecule has 0 spiro atoms. The number of rotatable bonds is 6. The maximum absolute atomic E-state index is 14.1. The van der Waals surface area contributed by atoms with E-state index in [1.54, 1.807) is 23.1 Å². The highest BCUT2D eigenvalue weighted by Gasteiger charge is 2.62. The number of hydrogen-bond acceptors (Lipinski definition) is 5. The summed E-state index contributed by atoms with van der Waals surface area (Å²) in [7, 11) is 2.21. The van der Waals surface area contributed by atoms with Crippen LogP contribution in [0.15, 0.2) is 42.5 Å². The molecule has 2 aromatic carbocycles. The van der Waals surface area contributed by atoms with E-state index in [9.17, 15) is 32.3 Å². The Labute approximate surface area is 259 Å². The van der Waals surface area contributed by atoms with Gasteiger partial charge in [0.25, 0.3) is 17.4 Å². The van der Waals surface area contributed by atoms with Crippen LogP contribution in [0.4, 0.5) is 23.2 Å². The van der Waals surface area contributed by atoms with E-state index in [1.165, 1.54) is 12.1 Å². The van der Waals surface area contributed by atoms with E-state index in [1.807, 2.05) is 0 Å². The van der Waals surface area contributed by atoms with Gasteiger partial charge < -0.3 is 20.2 Å². The van der Waals surface area contributed by atoms with Gasteiger partial charge in [-0.1, -0.05) is 44.6 Å². The van der Waals surface area contributed by atoms with Crippen LogP contribution in [0.1, 0.15) is 41.6 Å². The first-order valence-electron chi connectivity index (χ1n) is 14.1. The van der Waals surface area contributed by atoms with Crippen molar-refractivity contribution in [3.05, 3.63) is 63.6 Å². The molecule has 0 saturated carbocycles. The number of nitrogens with zero attached hydrogens (tertiary/aromatic N) is 3. The van der Waals surface area contributed by atoms with Gasteiger partial charge in [-0.25, -0.2) is 4.39 Å². The second kappa shape index (κ2) is 12.3. The average Bonchev–Trinajstić information content (AvgIpc) is 2.93. The Bertz CT molecular complexity index is 1360. The van der Waals surface area contributed by atoms with Gasteiger partial charge in [0.1, 0.15) is 5.41 Å². The van der Waals surface area contributed by atoms with Crippen molar-refractivity contribution in [3.63, 3.8) is 0 Å². The molecule has 3 fully saturated rings. The molecular formula is C29H33Cl2F4N4O3P. The Balaban J connectivity index is 1.12. The van der Waals surface area contributed by atoms with Crippen molar-refractivity contribution in [3.8, 4) is 0 Å². The van der Waals surface area contributed by atoms with Gasteiger partial charge in [-0.15, -0.1) is 0 Å². The number of likely N-dealkylation sites (tertiary alicyclic amines) is 3. The molecule has 2 aromatic rings. The summed E-state index contributed by atoms with van der Waals surface area (Å²) in [5, 5.41) is 13.0. The molecular weight excluding hydrogens is 630 g/mol. The first-order valence-corrected chi connectivity index (χ1v) is 15.4. The minimum atomic E-state index is -5.22. The van der Waals surface area contributed by atoms with Crippen LogP contribution in [0, 0.1) is 0 Å². The third-order valence-electron chi connectivity index (χ3n) is 8.59. The molecule has 0 aromatic heterocycles. The van der Waals surface area contributed by atoms with Crippen LogP contribution >= 0.6 is 32.4 Å². The fourth-order valence-electron chi connectivity index (χ4n) is 5.95. The van der Waals surface area contributed by atoms with Crippen molar-refractivity contribution in [1.29, 1.82) is 0 Å². The molecule has 43 heavy (non-hydrogen) atoms. The molecule has 2 N–H and O–H groups in total. The lowest BCUT2D eigenvalue weighted by Crippen LogP contribution is -2.62. The smallest absolute Gasteiger partial charge is 0.380 e. The number of alkyl halides is 4. The van der Waals surface area contributed by atoms with Crippen LogP contribution < -0.4 is 5.32 Å². The van der Waals surface area contributed by atoms with Crippen LogP contribution in [0.3, 0.4) is 0 Å². The lowest BCUT2D eigenvalue weighted by Gasteiger charge is -2.48. The second-order valence-corrected chi connectivity index (χ2v) is 13.4. The zero-order valence-electron chi connectivity index (χ0n) is 23.2. The number of benzene rings is 2. The van der Waals surface area contributed by atoms with Gasteiger partial charge in [0.2, 0.25) is 0 Å². The standard InChI is InChI=1S/C29H33Cl2F4N4O3P/c30-19-3-1-2-18(14-19)28(42,29(33,34)35)26(41)38-10-6-22(7-11-38)39-16-21(17-39)36-20-4-5-23(24(31)15-20)25(40)37-12-8-27(32,43)9-13-37/h1-5,14-15,21-22,36,42H,6-13,16-17,43H2. The number of nitrogens with one attached hydrogen (secondary N) is 1. The Morgan fingerprint density at radius 1 is 0.977 bits per heavy atom. The number of carbonyl (C=O) groups excluding carboxylic acids is 2. The summed E-state index contributed by atoms with van der Waals surface area (Å²) in [5.41, 5.74) is -3.17. The fraction of sp³-hybridized carbons (Fsp3) is 0.517. The predicted octanol–water partition coefficient (Wildman–Crippen LogP) is 5.31. The molecule has 0 radical (unpaired) electrons. The quantitative estimate of drug-likeness (QED) is 0.324. The molecule has 3 heterocycles. The third kappa shape index (κ3) is 6.76. The highest BCUT2D eigenvalue weighted by molar-refractivity contribution is 7.18. The number of aliphatic hydroxyl groups is 1. The van der Waals surface area contributed by atoms with Crippen molar-refractivity contribution in [2.75, 3.05) is 44.6 Å². The van der Waals surface area contributed by atoms with E-state index in [2.05, 4.69) is 19.5 Å². The lowest BCUT2D eigenvalue weighted by atomic mass is 9.89. The first kappa shape index (κ1) is 32.2. The largest absolute Gasteiger partial charge is 0.430 e. The van der Waals surface area contributed by atoms with Gasteiger partial charge >= 0.3 is 6.18 Å². The molecule has 14 heteroatoms. The SMILES string of the molecule is O=C(c1ccc(NC2CN(C3CCN(C(=O)C(O)(c4cccc(Cl)c4)C(F)(F)F)CC3)C2)cc1Cl)N1CCC(F)(P)CC1. The number of piperidine rings is 2. The molecule has 2 atom stereocenters. The summed E-state index contributed by atoms with van der Waals surface area (Å²) < 4.78 is 56.1. The van der Waals surface area contributed by atoms with Crippen LogP contribution in [0.2, 0.25) is 10.0 Å². The molecule has 2 amide bonds. The molecule has 0 bridgehead atoms. The lowest BCUT2D eigenvalue weighted by molar-refractivity contribution is -0.262. The van der Waals surface area contributed by atoms with Crippen LogP contribution in [0.25, 0.3) is 0 Å². The van der Waals surface area contributed by atoms with Crippen molar-refractivity contribution in [1.82, 2.24) is 14.7 Å². The van der Waals surface area contributed by atoms with Gasteiger partial charge in [-0.05, 0) is 43.2 Å². The monoisotopic (exact) mass is 662 g/mol. The number of hydrogen-bond donors (Lipinski definition) is 2. The summed E-state index contributed by atoms with van der Waals surface area (Å²) in [6.07, 6.45) is -3.76. The highest BCUT2D eigenvalue weighted by atomic mass is 35.5. The second-order valence-electron chi connectivity index (χ2n) is 11.6. The molecule has 3 aliphatic heterocycles. The van der Waals surface area contributed by atoms with Crippen molar-refractivity contribution >= 4 is 49.9 Å². The van der Waals surface area contributed by atoms with E-state index in [0.717, 1.165) is 22.7 Å². The molecule has 234 valence electrons. The van der Waals surface area contributed by atoms with E-state index >= 15 is 0 Å². The Morgan fingerprint density at radius 3 is 2.21 bits per heavy atom. The van der Waals surface area contributed by atoms with Crippen molar-refractivity contribution < 1.29 is 32.3 Å². The minimum absolute atomic E-state index is 0.0111. The predicted molar refractivity (Wildman–Crippen MR) is 160 cm³/mol. The van der Waals surface area contributed by atoms with E-state index in [0.29, 0.717) is 49.6 Å². The fourth-order valence-corrected chi connectivity index (χ4v) is 6.66. The van der Waals surface area contributed by atoms with Crippen LogP contribution in [0.5, 0.6) is 0 Å². The highest BCUT2D eigenvalue weighted by Crippen LogP contribution is 2.42. The maximum Gasteiger partial charge on any atom is 0.430 e. The summed E-state index contributed by atoms with van der Waals surface area (Å²) in [6.45, 7) is 2.21. The average molecular weight is 663 g/mol. The van der Waals surface area contributed by atoms with Crippen LogP contribution in [-0.2, 0) is 10.4 Å². The zero-order valence-corrected chi connectivity index (χ0v) is 25.9. The molecule has 7 nitrogen and oxygen atoms in total. The van der Waals surface area contributed by atoms with E-state index in [4.69, 9.17) is 23.2 Å². The molecule has 0 aliphatic carbocycles. The van der Waals surface area contributed by atoms with Crippen LogP contribution in [-0.4, -0.2) is 94.6 Å². The molecule has 3 saturated heterocycles. The molecule has 2 unspecified atom stereocenters. The zero-order chi connectivity index (χ0) is 31.2. The van der Waals surface area contributed by atoms with Gasteiger partial charge in [0.05, 0.1) is 16.6 Å². The van der Waals surface area contributed by atoms with Gasteiger partial charge in [-0.2, -0.15) is 13.2 Å².